The molecule has 17 heavy (non-hydrogen) atoms. The summed E-state index contributed by atoms with van der Waals surface area (Å²) in [5.41, 5.74) is 6.98. The Hall–Kier alpha value is -1.16. The normalized spacial score (nSPS) is 16.9. The first-order chi connectivity index (χ1) is 8.26. The number of likely N-dealkylation sites (N-methyl/N-ethyl adjacent to an activating group) is 1. The molecule has 1 heterocycles. The first-order valence-electron chi connectivity index (χ1n) is 6.50. The fourth-order valence-corrected chi connectivity index (χ4v) is 2.29. The molecule has 1 unspecified atom stereocenters. The van der Waals surface area contributed by atoms with Crippen LogP contribution < -0.4 is 10.6 Å². The number of anilines is 1. The number of nitrogens with zero attached hydrogens (tertiary/aromatic N) is 3. The van der Waals surface area contributed by atoms with E-state index in [0.717, 1.165) is 30.3 Å². The number of nitrogens with two attached hydrogens (primary N) is 1. The summed E-state index contributed by atoms with van der Waals surface area (Å²) in [7, 11) is 2.09. The molecule has 4 heteroatoms. The second kappa shape index (κ2) is 5.45. The van der Waals surface area contributed by atoms with Gasteiger partial charge in [0.2, 0.25) is 0 Å². The van der Waals surface area contributed by atoms with Crippen LogP contribution in [0.4, 0.5) is 5.82 Å². The third kappa shape index (κ3) is 2.94. The van der Waals surface area contributed by atoms with Gasteiger partial charge in [0, 0.05) is 31.4 Å². The van der Waals surface area contributed by atoms with Crippen LogP contribution in [-0.4, -0.2) is 29.6 Å². The lowest BCUT2D eigenvalue weighted by molar-refractivity contribution is 0.565. The van der Waals surface area contributed by atoms with Gasteiger partial charge in [-0.25, -0.2) is 9.97 Å². The Morgan fingerprint density at radius 2 is 2.24 bits per heavy atom. The average molecular weight is 234 g/mol. The second-order valence-electron chi connectivity index (χ2n) is 4.87. The zero-order chi connectivity index (χ0) is 12.3. The molecule has 0 bridgehead atoms. The Morgan fingerprint density at radius 1 is 1.47 bits per heavy atom. The van der Waals surface area contributed by atoms with Crippen molar-refractivity contribution in [2.24, 2.45) is 11.7 Å². The monoisotopic (exact) mass is 234 g/mol. The lowest BCUT2D eigenvalue weighted by atomic mass is 10.1. The Morgan fingerprint density at radius 3 is 2.82 bits per heavy atom. The second-order valence-corrected chi connectivity index (χ2v) is 4.87. The Bertz CT molecular complexity index is 362. The number of rotatable bonds is 6. The topological polar surface area (TPSA) is 55.0 Å². The van der Waals surface area contributed by atoms with Crippen LogP contribution in [0.5, 0.6) is 0 Å². The van der Waals surface area contributed by atoms with Gasteiger partial charge in [0.1, 0.15) is 12.1 Å². The average Bonchev–Trinajstić information content (AvgIpc) is 3.15. The Balaban J connectivity index is 2.11. The van der Waals surface area contributed by atoms with Crippen LogP contribution in [0, 0.1) is 5.92 Å². The van der Waals surface area contributed by atoms with Gasteiger partial charge in [0.15, 0.2) is 0 Å². The van der Waals surface area contributed by atoms with E-state index in [0.29, 0.717) is 12.6 Å². The van der Waals surface area contributed by atoms with Crippen LogP contribution in [-0.2, 0) is 6.42 Å². The molecule has 1 fully saturated rings. The Kier molecular flexibility index (Phi) is 3.94. The predicted octanol–water partition coefficient (Wildman–Crippen LogP) is 1.60. The van der Waals surface area contributed by atoms with Gasteiger partial charge >= 0.3 is 0 Å². The maximum Gasteiger partial charge on any atom is 0.132 e. The van der Waals surface area contributed by atoms with Gasteiger partial charge in [-0.2, -0.15) is 0 Å². The smallest absolute Gasteiger partial charge is 0.132 e. The van der Waals surface area contributed by atoms with Gasteiger partial charge < -0.3 is 10.6 Å². The van der Waals surface area contributed by atoms with E-state index >= 15 is 0 Å². The highest BCUT2D eigenvalue weighted by molar-refractivity contribution is 5.40. The Labute approximate surface area is 103 Å². The molecule has 0 aliphatic heterocycles. The molecule has 4 nitrogen and oxygen atoms in total. The molecule has 1 aromatic rings. The van der Waals surface area contributed by atoms with Crippen molar-refractivity contribution in [3.05, 3.63) is 18.1 Å². The minimum atomic E-state index is 0.430. The van der Waals surface area contributed by atoms with E-state index in [1.807, 2.05) is 0 Å². The summed E-state index contributed by atoms with van der Waals surface area (Å²) >= 11 is 0. The first-order valence-corrected chi connectivity index (χ1v) is 6.50. The number of aromatic nitrogens is 2. The third-order valence-corrected chi connectivity index (χ3v) is 3.48. The van der Waals surface area contributed by atoms with Crippen molar-refractivity contribution in [3.63, 3.8) is 0 Å². The summed E-state index contributed by atoms with van der Waals surface area (Å²) in [6, 6.07) is 2.52. The van der Waals surface area contributed by atoms with Gasteiger partial charge in [0.05, 0.1) is 0 Å². The molecule has 1 aliphatic rings. The summed E-state index contributed by atoms with van der Waals surface area (Å²) in [5, 5.41) is 0. The maximum absolute atomic E-state index is 5.86. The van der Waals surface area contributed by atoms with Gasteiger partial charge in [-0.05, 0) is 25.2 Å². The third-order valence-electron chi connectivity index (χ3n) is 3.48. The lowest BCUT2D eigenvalue weighted by Crippen LogP contribution is -2.40. The van der Waals surface area contributed by atoms with Crippen LogP contribution in [0.3, 0.4) is 0 Å². The molecule has 2 rings (SSSR count). The number of hydrogen-bond acceptors (Lipinski definition) is 4. The maximum atomic E-state index is 5.86. The zero-order valence-corrected chi connectivity index (χ0v) is 10.8. The molecule has 0 amide bonds. The van der Waals surface area contributed by atoms with Gasteiger partial charge in [-0.15, -0.1) is 0 Å². The van der Waals surface area contributed by atoms with E-state index in [9.17, 15) is 0 Å². The van der Waals surface area contributed by atoms with Crippen LogP contribution >= 0.6 is 0 Å². The minimum absolute atomic E-state index is 0.430. The standard InChI is InChI=1S/C13H22N4/c1-3-4-11-7-13(16-9-15-11)17(2)12(8-14)10-5-6-10/h7,9-10,12H,3-6,8,14H2,1-2H3. The SMILES string of the molecule is CCCc1cc(N(C)C(CN)C2CC2)ncn1. The molecule has 0 spiro atoms. The largest absolute Gasteiger partial charge is 0.355 e. The van der Waals surface area contributed by atoms with Gasteiger partial charge in [0.25, 0.3) is 0 Å². The molecule has 0 radical (unpaired) electrons. The van der Waals surface area contributed by atoms with Crippen molar-refractivity contribution < 1.29 is 0 Å². The van der Waals surface area contributed by atoms with Crippen molar-refractivity contribution in [3.8, 4) is 0 Å². The van der Waals surface area contributed by atoms with Crippen molar-refractivity contribution in [1.82, 2.24) is 9.97 Å². The summed E-state index contributed by atoms with van der Waals surface area (Å²) < 4.78 is 0. The van der Waals surface area contributed by atoms with E-state index in [4.69, 9.17) is 5.73 Å². The summed E-state index contributed by atoms with van der Waals surface area (Å²) in [6.45, 7) is 2.87. The van der Waals surface area contributed by atoms with Crippen molar-refractivity contribution in [2.45, 2.75) is 38.6 Å². The molecular formula is C13H22N4. The first kappa shape index (κ1) is 12.3. The summed E-state index contributed by atoms with van der Waals surface area (Å²) in [4.78, 5) is 10.9. The van der Waals surface area contributed by atoms with Crippen molar-refractivity contribution in [2.75, 3.05) is 18.5 Å². The highest BCUT2D eigenvalue weighted by Gasteiger charge is 2.33. The van der Waals surface area contributed by atoms with E-state index in [1.165, 1.54) is 12.8 Å². The molecule has 1 aliphatic carbocycles. The molecule has 1 aromatic heterocycles. The molecule has 2 N–H and O–H groups in total. The number of aryl methyl sites for hydroxylation is 1. The van der Waals surface area contributed by atoms with E-state index in [2.05, 4.69) is 34.9 Å². The fourth-order valence-electron chi connectivity index (χ4n) is 2.29. The van der Waals surface area contributed by atoms with E-state index in [-0.39, 0.29) is 0 Å². The molecule has 0 saturated heterocycles. The highest BCUT2D eigenvalue weighted by atomic mass is 15.2. The minimum Gasteiger partial charge on any atom is -0.355 e. The van der Waals surface area contributed by atoms with Crippen LogP contribution in [0.2, 0.25) is 0 Å². The van der Waals surface area contributed by atoms with E-state index in [1.54, 1.807) is 6.33 Å². The molecule has 1 saturated carbocycles. The van der Waals surface area contributed by atoms with Crippen LogP contribution in [0.25, 0.3) is 0 Å². The van der Waals surface area contributed by atoms with Crippen molar-refractivity contribution >= 4 is 5.82 Å². The van der Waals surface area contributed by atoms with Crippen LogP contribution in [0.15, 0.2) is 12.4 Å². The molecule has 0 aromatic carbocycles. The highest BCUT2D eigenvalue weighted by Crippen LogP contribution is 2.35. The predicted molar refractivity (Wildman–Crippen MR) is 70.0 cm³/mol. The zero-order valence-electron chi connectivity index (χ0n) is 10.8. The van der Waals surface area contributed by atoms with E-state index < -0.39 is 0 Å². The van der Waals surface area contributed by atoms with Gasteiger partial charge in [-0.1, -0.05) is 13.3 Å². The van der Waals surface area contributed by atoms with Gasteiger partial charge in [-0.3, -0.25) is 0 Å². The molecule has 94 valence electrons. The molecule has 1 atom stereocenters. The quantitative estimate of drug-likeness (QED) is 0.812. The fraction of sp³-hybridized carbons (Fsp3) is 0.692. The van der Waals surface area contributed by atoms with Crippen LogP contribution in [0.1, 0.15) is 31.9 Å². The summed E-state index contributed by atoms with van der Waals surface area (Å²) in [5.74, 6) is 1.76. The lowest BCUT2D eigenvalue weighted by Gasteiger charge is -2.28. The van der Waals surface area contributed by atoms with Crippen molar-refractivity contribution in [1.29, 1.82) is 0 Å². The molecular weight excluding hydrogens is 212 g/mol. The summed E-state index contributed by atoms with van der Waals surface area (Å²) in [6.07, 6.45) is 6.40. The number of hydrogen-bond donors (Lipinski definition) is 1.